The molecule has 26 heavy (non-hydrogen) atoms. The predicted molar refractivity (Wildman–Crippen MR) is 101 cm³/mol. The molecule has 0 saturated carbocycles. The Hall–Kier alpha value is -2.00. The molecule has 6 nitrogen and oxygen atoms in total. The molecule has 2 aromatic rings. The van der Waals surface area contributed by atoms with Crippen molar-refractivity contribution in [3.63, 3.8) is 0 Å². The molecular formula is C17H21FN2O4S2. The van der Waals surface area contributed by atoms with Crippen LogP contribution in [-0.4, -0.2) is 38.9 Å². The maximum absolute atomic E-state index is 13.1. The van der Waals surface area contributed by atoms with Gasteiger partial charge in [-0.2, -0.15) is 11.8 Å². The zero-order chi connectivity index (χ0) is 19.2. The fourth-order valence-electron chi connectivity index (χ4n) is 2.36. The Morgan fingerprint density at radius 3 is 2.58 bits per heavy atom. The van der Waals surface area contributed by atoms with Gasteiger partial charge in [-0.05, 0) is 43.3 Å². The number of nitrogens with zero attached hydrogens (tertiary/aromatic N) is 1. The van der Waals surface area contributed by atoms with E-state index < -0.39 is 27.8 Å². The third-order valence-corrected chi connectivity index (χ3v) is 5.76. The van der Waals surface area contributed by atoms with Gasteiger partial charge >= 0.3 is 0 Å². The molecule has 1 aromatic heterocycles. The van der Waals surface area contributed by atoms with Crippen LogP contribution in [0.4, 0.5) is 10.1 Å². The molecular weight excluding hydrogens is 379 g/mol. The predicted octanol–water partition coefficient (Wildman–Crippen LogP) is 2.62. The number of benzene rings is 1. The molecule has 142 valence electrons. The minimum atomic E-state index is -3.71. The summed E-state index contributed by atoms with van der Waals surface area (Å²) >= 11 is 1.59. The van der Waals surface area contributed by atoms with Gasteiger partial charge in [0.2, 0.25) is 15.9 Å². The van der Waals surface area contributed by atoms with E-state index in [0.717, 1.165) is 28.5 Å². The van der Waals surface area contributed by atoms with Gasteiger partial charge in [-0.1, -0.05) is 0 Å². The number of carbonyl (C=O) groups is 1. The molecule has 1 N–H and O–H groups in total. The molecule has 0 unspecified atom stereocenters. The van der Waals surface area contributed by atoms with Gasteiger partial charge < -0.3 is 9.73 Å². The first-order valence-electron chi connectivity index (χ1n) is 7.92. The maximum atomic E-state index is 13.1. The SMILES string of the molecule is C[C@@H](C(=O)NCCSCc1ccco1)N(c1ccc(F)cc1)S(C)(=O)=O. The number of hydrogen-bond donors (Lipinski definition) is 1. The second kappa shape index (κ2) is 9.09. The molecule has 0 bridgehead atoms. The van der Waals surface area contributed by atoms with Crippen molar-refractivity contribution in [1.29, 1.82) is 0 Å². The summed E-state index contributed by atoms with van der Waals surface area (Å²) in [6.45, 7) is 1.89. The van der Waals surface area contributed by atoms with Crippen LogP contribution in [0.15, 0.2) is 47.1 Å². The quantitative estimate of drug-likeness (QED) is 0.655. The van der Waals surface area contributed by atoms with Crippen LogP contribution in [-0.2, 0) is 20.6 Å². The molecule has 1 aromatic carbocycles. The summed E-state index contributed by atoms with van der Waals surface area (Å²) < 4.78 is 43.5. The highest BCUT2D eigenvalue weighted by molar-refractivity contribution is 7.98. The lowest BCUT2D eigenvalue weighted by molar-refractivity contribution is -0.121. The fraction of sp³-hybridized carbons (Fsp3) is 0.353. The lowest BCUT2D eigenvalue weighted by Crippen LogP contribution is -2.48. The molecule has 0 radical (unpaired) electrons. The summed E-state index contributed by atoms with van der Waals surface area (Å²) in [5.74, 6) is 1.32. The van der Waals surface area contributed by atoms with Crippen molar-refractivity contribution in [1.82, 2.24) is 5.32 Å². The van der Waals surface area contributed by atoms with Gasteiger partial charge in [0.1, 0.15) is 17.6 Å². The van der Waals surface area contributed by atoms with Crippen LogP contribution in [0.3, 0.4) is 0 Å². The monoisotopic (exact) mass is 400 g/mol. The van der Waals surface area contributed by atoms with Crippen LogP contribution < -0.4 is 9.62 Å². The first kappa shape index (κ1) is 20.3. The Kier molecular flexibility index (Phi) is 7.10. The van der Waals surface area contributed by atoms with Crippen molar-refractivity contribution in [3.8, 4) is 0 Å². The van der Waals surface area contributed by atoms with Gasteiger partial charge in [0, 0.05) is 12.3 Å². The molecule has 0 aliphatic heterocycles. The second-order valence-electron chi connectivity index (χ2n) is 5.63. The Labute approximate surface area is 156 Å². The van der Waals surface area contributed by atoms with Crippen LogP contribution in [0, 0.1) is 5.82 Å². The molecule has 9 heteroatoms. The van der Waals surface area contributed by atoms with Crippen molar-refractivity contribution in [2.24, 2.45) is 0 Å². The summed E-state index contributed by atoms with van der Waals surface area (Å²) in [5, 5.41) is 2.73. The molecule has 1 heterocycles. The minimum absolute atomic E-state index is 0.240. The molecule has 1 atom stereocenters. The number of thioether (sulfide) groups is 1. The molecule has 0 fully saturated rings. The second-order valence-corrected chi connectivity index (χ2v) is 8.60. The largest absolute Gasteiger partial charge is 0.468 e. The van der Waals surface area contributed by atoms with E-state index in [1.54, 1.807) is 18.0 Å². The van der Waals surface area contributed by atoms with Gasteiger partial charge in [-0.15, -0.1) is 0 Å². The van der Waals surface area contributed by atoms with Crippen LogP contribution >= 0.6 is 11.8 Å². The normalized spacial score (nSPS) is 12.6. The smallest absolute Gasteiger partial charge is 0.243 e. The van der Waals surface area contributed by atoms with Gasteiger partial charge in [-0.25, -0.2) is 12.8 Å². The molecule has 1 amide bonds. The van der Waals surface area contributed by atoms with Crippen LogP contribution in [0.2, 0.25) is 0 Å². The fourth-order valence-corrected chi connectivity index (χ4v) is 4.29. The van der Waals surface area contributed by atoms with E-state index in [9.17, 15) is 17.6 Å². The Morgan fingerprint density at radius 1 is 1.31 bits per heavy atom. The lowest BCUT2D eigenvalue weighted by atomic mass is 10.2. The Balaban J connectivity index is 1.91. The number of anilines is 1. The van der Waals surface area contributed by atoms with Crippen molar-refractivity contribution in [2.75, 3.05) is 22.9 Å². The first-order valence-corrected chi connectivity index (χ1v) is 10.9. The third-order valence-electron chi connectivity index (χ3n) is 3.54. The summed E-state index contributed by atoms with van der Waals surface area (Å²) in [7, 11) is -3.71. The van der Waals surface area contributed by atoms with E-state index >= 15 is 0 Å². The van der Waals surface area contributed by atoms with Crippen LogP contribution in [0.5, 0.6) is 0 Å². The summed E-state index contributed by atoms with van der Waals surface area (Å²) in [4.78, 5) is 12.3. The standard InChI is InChI=1S/C17H21FN2O4S2/c1-13(17(21)19-9-11-25-12-16-4-3-10-24-16)20(26(2,22)23)15-7-5-14(18)6-8-15/h3-8,10,13H,9,11-12H2,1-2H3,(H,19,21)/t13-/m0/s1. The highest BCUT2D eigenvalue weighted by atomic mass is 32.2. The van der Waals surface area contributed by atoms with E-state index in [1.807, 2.05) is 12.1 Å². The first-order chi connectivity index (χ1) is 12.3. The van der Waals surface area contributed by atoms with Gasteiger partial charge in [0.05, 0.1) is 24.0 Å². The topological polar surface area (TPSA) is 79.6 Å². The minimum Gasteiger partial charge on any atom is -0.468 e. The van der Waals surface area contributed by atoms with E-state index in [-0.39, 0.29) is 5.69 Å². The van der Waals surface area contributed by atoms with E-state index in [2.05, 4.69) is 5.32 Å². The van der Waals surface area contributed by atoms with Crippen molar-refractivity contribution >= 4 is 33.4 Å². The van der Waals surface area contributed by atoms with Crippen molar-refractivity contribution < 1.29 is 22.0 Å². The van der Waals surface area contributed by atoms with Gasteiger partial charge in [0.25, 0.3) is 0 Å². The highest BCUT2D eigenvalue weighted by Crippen LogP contribution is 2.21. The van der Waals surface area contributed by atoms with Crippen LogP contribution in [0.1, 0.15) is 12.7 Å². The lowest BCUT2D eigenvalue weighted by Gasteiger charge is -2.28. The van der Waals surface area contributed by atoms with E-state index in [1.165, 1.54) is 19.1 Å². The third kappa shape index (κ3) is 5.77. The van der Waals surface area contributed by atoms with Gasteiger partial charge in [0.15, 0.2) is 0 Å². The molecule has 0 aliphatic carbocycles. The maximum Gasteiger partial charge on any atom is 0.243 e. The highest BCUT2D eigenvalue weighted by Gasteiger charge is 2.28. The van der Waals surface area contributed by atoms with Crippen molar-refractivity contribution in [2.45, 2.75) is 18.7 Å². The number of carbonyl (C=O) groups excluding carboxylic acids is 1. The number of amides is 1. The number of furan rings is 1. The number of hydrogen-bond acceptors (Lipinski definition) is 5. The zero-order valence-electron chi connectivity index (χ0n) is 14.5. The van der Waals surface area contributed by atoms with E-state index in [4.69, 9.17) is 4.42 Å². The summed E-state index contributed by atoms with van der Waals surface area (Å²) in [6, 6.07) is 7.71. The zero-order valence-corrected chi connectivity index (χ0v) is 16.1. The van der Waals surface area contributed by atoms with E-state index in [0.29, 0.717) is 18.1 Å². The average Bonchev–Trinajstić information content (AvgIpc) is 3.08. The summed E-state index contributed by atoms with van der Waals surface area (Å²) in [5.41, 5.74) is 0.240. The number of halogens is 1. The summed E-state index contributed by atoms with van der Waals surface area (Å²) in [6.07, 6.45) is 2.62. The molecule has 0 spiro atoms. The number of nitrogens with one attached hydrogen (secondary N) is 1. The number of rotatable bonds is 9. The van der Waals surface area contributed by atoms with Crippen molar-refractivity contribution in [3.05, 3.63) is 54.2 Å². The Bertz CT molecular complexity index is 808. The average molecular weight is 400 g/mol. The van der Waals surface area contributed by atoms with Gasteiger partial charge in [-0.3, -0.25) is 9.10 Å². The van der Waals surface area contributed by atoms with Crippen LogP contribution in [0.25, 0.3) is 0 Å². The molecule has 0 aliphatic rings. The molecule has 0 saturated heterocycles. The Morgan fingerprint density at radius 2 is 2.00 bits per heavy atom. The number of sulfonamides is 1. The molecule has 2 rings (SSSR count).